The lowest BCUT2D eigenvalue weighted by molar-refractivity contribution is -0.551. The normalized spacial score (nSPS) is 10.3. The average molecular weight is 412 g/mol. The minimum absolute atomic E-state index is 0.00176. The van der Waals surface area contributed by atoms with E-state index in [-0.39, 0.29) is 11.7 Å². The monoisotopic (exact) mass is 411 g/mol. The van der Waals surface area contributed by atoms with E-state index >= 15 is 0 Å². The van der Waals surface area contributed by atoms with E-state index < -0.39 is 5.03 Å². The Labute approximate surface area is 172 Å². The van der Waals surface area contributed by atoms with Crippen molar-refractivity contribution >= 4 is 29.0 Å². The molecule has 148 valence electrons. The van der Waals surface area contributed by atoms with Gasteiger partial charge in [-0.1, -0.05) is 72.3 Å². The molecule has 29 heavy (non-hydrogen) atoms. The van der Waals surface area contributed by atoms with Crippen molar-refractivity contribution in [1.82, 2.24) is 11.0 Å². The Hall–Kier alpha value is -3.91. The molecule has 0 bridgehead atoms. The van der Waals surface area contributed by atoms with Gasteiger partial charge in [-0.3, -0.25) is 4.79 Å². The molecule has 3 aromatic rings. The first kappa shape index (κ1) is 21.4. The Bertz CT molecular complexity index is 982. The second kappa shape index (κ2) is 11.1. The van der Waals surface area contributed by atoms with Gasteiger partial charge in [0.25, 0.3) is 0 Å². The first-order valence-corrected chi connectivity index (χ1v) is 8.74. The van der Waals surface area contributed by atoms with Crippen molar-refractivity contribution in [2.45, 2.75) is 0 Å². The van der Waals surface area contributed by atoms with Gasteiger partial charge < -0.3 is 5.73 Å². The van der Waals surface area contributed by atoms with E-state index in [0.717, 1.165) is 0 Å². The molecule has 0 heterocycles. The summed E-state index contributed by atoms with van der Waals surface area (Å²) >= 11 is 5.82. The predicted octanol–water partition coefficient (Wildman–Crippen LogP) is 3.49. The van der Waals surface area contributed by atoms with E-state index in [1.807, 2.05) is 24.3 Å². The topological polar surface area (TPSA) is 123 Å². The molecule has 0 fully saturated rings. The lowest BCUT2D eigenvalue weighted by Gasteiger charge is -2.00. The highest BCUT2D eigenvalue weighted by atomic mass is 35.5. The number of benzene rings is 3. The third kappa shape index (κ3) is 7.69. The molecule has 0 saturated carbocycles. The van der Waals surface area contributed by atoms with Crippen LogP contribution in [-0.4, -0.2) is 16.8 Å². The Morgan fingerprint density at radius 1 is 0.931 bits per heavy atom. The molecule has 0 aliphatic rings. The Morgan fingerprint density at radius 2 is 1.52 bits per heavy atom. The number of nitrogens with one attached hydrogen (secondary N) is 2. The number of hydrazine groups is 2. The zero-order chi connectivity index (χ0) is 21.1. The van der Waals surface area contributed by atoms with Gasteiger partial charge >= 0.3 is 0 Å². The maximum Gasteiger partial charge on any atom is 0.217 e. The number of hydrogen-bond donors (Lipinski definition) is 3. The number of carbonyl (C=O) groups excluding carboxylic acids is 1. The number of ketones is 1. The van der Waals surface area contributed by atoms with Gasteiger partial charge in [-0.2, -0.15) is 0 Å². The van der Waals surface area contributed by atoms with Crippen molar-refractivity contribution in [2.24, 2.45) is 10.7 Å². The van der Waals surface area contributed by atoms with Crippen LogP contribution in [-0.2, 0) is 0 Å². The fourth-order valence-electron chi connectivity index (χ4n) is 2.16. The molecule has 0 spiro atoms. The Morgan fingerprint density at radius 3 is 2.10 bits per heavy atom. The maximum absolute atomic E-state index is 11.9. The molecular formula is C20H18ClN5O3. The zero-order valence-electron chi connectivity index (χ0n) is 15.2. The van der Waals surface area contributed by atoms with Crippen LogP contribution in [0, 0.1) is 10.1 Å². The molecule has 0 radical (unpaired) electrons. The van der Waals surface area contributed by atoms with Crippen LogP contribution < -0.4 is 16.7 Å². The molecule has 0 aliphatic heterocycles. The molecule has 0 saturated heterocycles. The molecule has 3 rings (SSSR count). The lowest BCUT2D eigenvalue weighted by atomic mass is 10.0. The summed E-state index contributed by atoms with van der Waals surface area (Å²) in [6.07, 6.45) is 0. The summed E-state index contributed by atoms with van der Waals surface area (Å²) in [5, 5.41) is 9.69. The van der Waals surface area contributed by atoms with Crippen molar-refractivity contribution in [3.63, 3.8) is 0 Å². The largest absolute Gasteiger partial charge is 0.368 e. The summed E-state index contributed by atoms with van der Waals surface area (Å²) in [7, 11) is 0. The second-order valence-corrected chi connectivity index (χ2v) is 5.97. The Balaban J connectivity index is 0.000000208. The number of hydrogen-bond acceptors (Lipinski definition) is 4. The first-order chi connectivity index (χ1) is 14.0. The third-order valence-corrected chi connectivity index (χ3v) is 3.64. The highest BCUT2D eigenvalue weighted by Crippen LogP contribution is 2.14. The molecule has 0 amide bonds. The van der Waals surface area contributed by atoms with Crippen molar-refractivity contribution in [3.05, 3.63) is 111 Å². The minimum Gasteiger partial charge on any atom is -0.368 e. The van der Waals surface area contributed by atoms with Gasteiger partial charge in [-0.05, 0) is 29.8 Å². The number of halogens is 1. The fraction of sp³-hybridized carbons (Fsp3) is 0. The predicted molar refractivity (Wildman–Crippen MR) is 112 cm³/mol. The van der Waals surface area contributed by atoms with Gasteiger partial charge in [0.15, 0.2) is 10.8 Å². The number of para-hydroxylation sites is 1. The smallest absolute Gasteiger partial charge is 0.217 e. The summed E-state index contributed by atoms with van der Waals surface area (Å²) in [6.45, 7) is 0. The zero-order valence-corrected chi connectivity index (χ0v) is 15.9. The van der Waals surface area contributed by atoms with Crippen LogP contribution in [0.2, 0.25) is 5.02 Å². The molecule has 8 nitrogen and oxygen atoms in total. The number of guanidine groups is 1. The first-order valence-electron chi connectivity index (χ1n) is 8.36. The highest BCUT2D eigenvalue weighted by molar-refractivity contribution is 6.31. The van der Waals surface area contributed by atoms with Gasteiger partial charge in [0.2, 0.25) is 5.96 Å². The molecule has 0 aromatic heterocycles. The number of nitrogens with two attached hydrogens (primary N) is 1. The van der Waals surface area contributed by atoms with E-state index in [0.29, 0.717) is 21.8 Å². The molecule has 4 N–H and O–H groups in total. The molecular weight excluding hydrogens is 394 g/mol. The average Bonchev–Trinajstić information content (AvgIpc) is 2.73. The fourth-order valence-corrected chi connectivity index (χ4v) is 2.35. The standard InChI is InChI=1S/C13H9ClO.C7H9N5O2/c14-12-8-4-7-11(9-12)13(15)10-5-2-1-3-6-10;8-7(10-11-12(13)14)9-6-4-2-1-3-5-6/h1-9H;1-5,11H,(H3,8,9,10). The van der Waals surface area contributed by atoms with Gasteiger partial charge in [0, 0.05) is 16.1 Å². The minimum atomic E-state index is -0.770. The van der Waals surface area contributed by atoms with Gasteiger partial charge in [0.05, 0.1) is 5.69 Å². The summed E-state index contributed by atoms with van der Waals surface area (Å²) < 4.78 is 0. The van der Waals surface area contributed by atoms with E-state index in [9.17, 15) is 14.9 Å². The quantitative estimate of drug-likeness (QED) is 0.194. The maximum atomic E-state index is 11.9. The van der Waals surface area contributed by atoms with Gasteiger partial charge in [-0.15, -0.1) is 0 Å². The van der Waals surface area contributed by atoms with Crippen molar-refractivity contribution in [3.8, 4) is 0 Å². The summed E-state index contributed by atoms with van der Waals surface area (Å²) in [5.41, 5.74) is 11.0. The van der Waals surface area contributed by atoms with Crippen molar-refractivity contribution < 1.29 is 9.83 Å². The van der Waals surface area contributed by atoms with Crippen LogP contribution in [0.4, 0.5) is 5.69 Å². The number of rotatable bonds is 5. The molecule has 0 aliphatic carbocycles. The van der Waals surface area contributed by atoms with Gasteiger partial charge in [0.1, 0.15) is 0 Å². The Kier molecular flexibility index (Phi) is 8.15. The molecule has 0 atom stereocenters. The van der Waals surface area contributed by atoms with Crippen molar-refractivity contribution in [2.75, 3.05) is 0 Å². The lowest BCUT2D eigenvalue weighted by Crippen LogP contribution is -2.45. The highest BCUT2D eigenvalue weighted by Gasteiger charge is 2.07. The summed E-state index contributed by atoms with van der Waals surface area (Å²) in [5.74, 6) is -0.0778. The van der Waals surface area contributed by atoms with Crippen molar-refractivity contribution in [1.29, 1.82) is 0 Å². The SMILES string of the molecule is NC(=Nc1ccccc1)NN[N+](=O)[O-].O=C(c1ccccc1)c1cccc(Cl)c1. The molecule has 0 unspecified atom stereocenters. The van der Waals surface area contributed by atoms with E-state index in [4.69, 9.17) is 17.3 Å². The molecule has 9 heteroatoms. The third-order valence-electron chi connectivity index (χ3n) is 3.40. The number of nitrogens with zero attached hydrogens (tertiary/aromatic N) is 2. The van der Waals surface area contributed by atoms with E-state index in [2.05, 4.69) is 10.4 Å². The van der Waals surface area contributed by atoms with Crippen LogP contribution in [0.3, 0.4) is 0 Å². The summed E-state index contributed by atoms with van der Waals surface area (Å²) in [4.78, 5) is 25.7. The van der Waals surface area contributed by atoms with Crippen LogP contribution in [0.25, 0.3) is 0 Å². The number of carbonyl (C=O) groups is 1. The van der Waals surface area contributed by atoms with E-state index in [1.165, 1.54) is 0 Å². The number of aliphatic imine (C=N–C) groups is 1. The molecule has 3 aromatic carbocycles. The van der Waals surface area contributed by atoms with E-state index in [1.54, 1.807) is 66.2 Å². The van der Waals surface area contributed by atoms with Crippen LogP contribution in [0.5, 0.6) is 0 Å². The van der Waals surface area contributed by atoms with Crippen LogP contribution >= 0.6 is 11.6 Å². The second-order valence-electron chi connectivity index (χ2n) is 5.53. The van der Waals surface area contributed by atoms with Gasteiger partial charge in [-0.25, -0.2) is 20.5 Å². The number of nitro groups is 1. The summed E-state index contributed by atoms with van der Waals surface area (Å²) in [6, 6.07) is 25.0. The van der Waals surface area contributed by atoms with Crippen LogP contribution in [0.15, 0.2) is 89.9 Å². The van der Waals surface area contributed by atoms with Crippen LogP contribution in [0.1, 0.15) is 15.9 Å².